The minimum absolute atomic E-state index is 0.00374. The number of hydrogen-bond donors (Lipinski definition) is 1. The normalized spacial score (nSPS) is 20.3. The fraction of sp³-hybridized carbons (Fsp3) is 0.269. The summed E-state index contributed by atoms with van der Waals surface area (Å²) in [5.74, 6) is 1.05. The number of nitrogens with one attached hydrogen (secondary N) is 1. The highest BCUT2D eigenvalue weighted by Gasteiger charge is 2.38. The second-order valence-electron chi connectivity index (χ2n) is 9.19. The van der Waals surface area contributed by atoms with E-state index in [0.717, 1.165) is 31.6 Å². The number of aromatic nitrogens is 3. The third-order valence-electron chi connectivity index (χ3n) is 7.04. The van der Waals surface area contributed by atoms with E-state index in [-0.39, 0.29) is 11.7 Å². The summed E-state index contributed by atoms with van der Waals surface area (Å²) >= 11 is 0. The van der Waals surface area contributed by atoms with Gasteiger partial charge in [0.05, 0.1) is 21.2 Å². The molecular weight excluding hydrogens is 465 g/mol. The predicted molar refractivity (Wildman–Crippen MR) is 132 cm³/mol. The smallest absolute Gasteiger partial charge is 0.253 e. The number of halogens is 1. The number of fused-ring (bicyclic) bond motifs is 2. The molecule has 6 rings (SSSR count). The van der Waals surface area contributed by atoms with Gasteiger partial charge in [-0.25, -0.2) is 14.4 Å². The molecule has 0 radical (unpaired) electrons. The number of carbonyl (C=O) groups excluding carboxylic acids is 1. The van der Waals surface area contributed by atoms with Gasteiger partial charge in [0.25, 0.3) is 5.91 Å². The van der Waals surface area contributed by atoms with E-state index < -0.39 is 10.8 Å². The van der Waals surface area contributed by atoms with Crippen LogP contribution in [0.3, 0.4) is 0 Å². The van der Waals surface area contributed by atoms with Crippen molar-refractivity contribution < 1.29 is 13.4 Å². The van der Waals surface area contributed by atoms with Crippen LogP contribution in [0.4, 0.5) is 4.39 Å². The number of carbonyl (C=O) groups is 1. The molecule has 1 N–H and O–H groups in total. The van der Waals surface area contributed by atoms with Gasteiger partial charge in [-0.3, -0.25) is 13.6 Å². The van der Waals surface area contributed by atoms with E-state index >= 15 is 0 Å². The van der Waals surface area contributed by atoms with E-state index in [1.165, 1.54) is 6.07 Å². The van der Waals surface area contributed by atoms with Crippen molar-refractivity contribution in [2.45, 2.75) is 4.90 Å². The van der Waals surface area contributed by atoms with Crippen LogP contribution in [0.1, 0.15) is 10.4 Å². The number of likely N-dealkylation sites (tertiary alicyclic amines) is 1. The lowest BCUT2D eigenvalue weighted by Gasteiger charge is -2.17. The Morgan fingerprint density at radius 2 is 1.80 bits per heavy atom. The largest absolute Gasteiger partial charge is 0.338 e. The van der Waals surface area contributed by atoms with E-state index in [0.29, 0.717) is 44.9 Å². The first kappa shape index (κ1) is 22.1. The van der Waals surface area contributed by atoms with E-state index in [1.807, 2.05) is 17.0 Å². The monoisotopic (exact) mass is 489 g/mol. The number of benzene rings is 2. The molecule has 0 aliphatic carbocycles. The average molecular weight is 490 g/mol. The summed E-state index contributed by atoms with van der Waals surface area (Å²) in [6.45, 7) is 3.45. The second-order valence-corrected chi connectivity index (χ2v) is 10.5. The maximum absolute atomic E-state index is 14.2. The van der Waals surface area contributed by atoms with Crippen molar-refractivity contribution in [2.24, 2.45) is 11.8 Å². The van der Waals surface area contributed by atoms with Crippen LogP contribution in [-0.2, 0) is 10.8 Å². The quantitative estimate of drug-likeness (QED) is 0.476. The minimum atomic E-state index is -1.24. The average Bonchev–Trinajstić information content (AvgIpc) is 3.57. The lowest BCUT2D eigenvalue weighted by atomic mass is 10.0. The Balaban J connectivity index is 1.38. The van der Waals surface area contributed by atoms with Crippen LogP contribution in [0.15, 0.2) is 66.0 Å². The van der Waals surface area contributed by atoms with Crippen LogP contribution in [0, 0.1) is 17.7 Å². The molecule has 3 atom stereocenters. The summed E-state index contributed by atoms with van der Waals surface area (Å²) < 4.78 is 28.4. The first-order valence-electron chi connectivity index (χ1n) is 11.6. The summed E-state index contributed by atoms with van der Waals surface area (Å²) in [4.78, 5) is 24.8. The third kappa shape index (κ3) is 3.84. The predicted octanol–water partition coefficient (Wildman–Crippen LogP) is 3.26. The Hall–Kier alpha value is -3.43. The molecule has 9 heteroatoms. The standard InChI is InChI=1S/C26H24FN5O2S/c1-35(34)24-15-32(26-29-11-17(12-30-26)20-4-2-3-5-22(20)27)23-8-16(6-7-21(23)24)25(33)31-13-18-9-28-10-19(18)14-31/h2-8,11-12,15,18-19,28H,9-10,13-14H2,1H3. The van der Waals surface area contributed by atoms with Gasteiger partial charge in [-0.1, -0.05) is 24.3 Å². The Kier molecular flexibility index (Phi) is 5.46. The van der Waals surface area contributed by atoms with Crippen molar-refractivity contribution in [1.82, 2.24) is 24.8 Å². The molecular formula is C26H24FN5O2S. The van der Waals surface area contributed by atoms with Crippen molar-refractivity contribution in [3.05, 3.63) is 72.4 Å². The fourth-order valence-corrected chi connectivity index (χ4v) is 5.94. The summed E-state index contributed by atoms with van der Waals surface area (Å²) in [7, 11) is -1.24. The molecule has 0 saturated carbocycles. The third-order valence-corrected chi connectivity index (χ3v) is 7.99. The van der Waals surface area contributed by atoms with Gasteiger partial charge in [0.2, 0.25) is 5.95 Å². The van der Waals surface area contributed by atoms with Gasteiger partial charge in [-0.2, -0.15) is 0 Å². The highest BCUT2D eigenvalue weighted by atomic mass is 32.2. The van der Waals surface area contributed by atoms with E-state index in [4.69, 9.17) is 0 Å². The Morgan fingerprint density at radius 1 is 1.09 bits per heavy atom. The van der Waals surface area contributed by atoms with Crippen molar-refractivity contribution >= 4 is 27.6 Å². The van der Waals surface area contributed by atoms with Crippen LogP contribution in [0.25, 0.3) is 28.0 Å². The van der Waals surface area contributed by atoms with Crippen LogP contribution in [-0.4, -0.2) is 62.0 Å². The lowest BCUT2D eigenvalue weighted by Crippen LogP contribution is -2.31. The Morgan fingerprint density at radius 3 is 2.49 bits per heavy atom. The SMILES string of the molecule is CS(=O)c1cn(-c2ncc(-c3ccccc3F)cn2)c2cc(C(=O)N3CC4CNCC4C3)ccc12. The van der Waals surface area contributed by atoms with Crippen molar-refractivity contribution in [3.8, 4) is 17.1 Å². The van der Waals surface area contributed by atoms with Crippen molar-refractivity contribution in [2.75, 3.05) is 32.4 Å². The summed E-state index contributed by atoms with van der Waals surface area (Å²) in [5.41, 5.74) is 2.28. The molecule has 0 spiro atoms. The molecule has 2 aromatic heterocycles. The van der Waals surface area contributed by atoms with E-state index in [1.54, 1.807) is 53.7 Å². The second kappa shape index (κ2) is 8.66. The molecule has 4 heterocycles. The summed E-state index contributed by atoms with van der Waals surface area (Å²) in [5, 5.41) is 4.18. The number of amides is 1. The molecule has 2 aromatic carbocycles. The van der Waals surface area contributed by atoms with Gasteiger partial charge >= 0.3 is 0 Å². The molecule has 1 amide bonds. The van der Waals surface area contributed by atoms with Gasteiger partial charge in [0, 0.05) is 73.1 Å². The molecule has 7 nitrogen and oxygen atoms in total. The molecule has 0 bridgehead atoms. The topological polar surface area (TPSA) is 80.1 Å². The molecule has 2 saturated heterocycles. The first-order chi connectivity index (χ1) is 17.0. The van der Waals surface area contributed by atoms with Gasteiger partial charge in [0.15, 0.2) is 0 Å². The zero-order valence-corrected chi connectivity index (χ0v) is 20.0. The lowest BCUT2D eigenvalue weighted by molar-refractivity contribution is 0.0782. The van der Waals surface area contributed by atoms with E-state index in [9.17, 15) is 13.4 Å². The van der Waals surface area contributed by atoms with Gasteiger partial charge in [0.1, 0.15) is 5.82 Å². The van der Waals surface area contributed by atoms with Gasteiger partial charge < -0.3 is 10.2 Å². The van der Waals surface area contributed by atoms with Gasteiger partial charge in [-0.15, -0.1) is 0 Å². The van der Waals surface area contributed by atoms with Gasteiger partial charge in [-0.05, 0) is 30.0 Å². The number of nitrogens with zero attached hydrogens (tertiary/aromatic N) is 4. The molecule has 3 unspecified atom stereocenters. The van der Waals surface area contributed by atoms with E-state index in [2.05, 4.69) is 15.3 Å². The minimum Gasteiger partial charge on any atom is -0.338 e. The highest BCUT2D eigenvalue weighted by molar-refractivity contribution is 7.84. The van der Waals surface area contributed by atoms with Crippen LogP contribution in [0.2, 0.25) is 0 Å². The van der Waals surface area contributed by atoms with Crippen LogP contribution >= 0.6 is 0 Å². The molecule has 4 aromatic rings. The molecule has 2 fully saturated rings. The van der Waals surface area contributed by atoms with Crippen LogP contribution in [0.5, 0.6) is 0 Å². The molecule has 2 aliphatic heterocycles. The Bertz CT molecular complexity index is 1460. The maximum Gasteiger partial charge on any atom is 0.253 e. The zero-order valence-electron chi connectivity index (χ0n) is 19.1. The Labute approximate surface area is 204 Å². The fourth-order valence-electron chi connectivity index (χ4n) is 5.21. The maximum atomic E-state index is 14.2. The molecule has 2 aliphatic rings. The zero-order chi connectivity index (χ0) is 24.1. The number of hydrogen-bond acceptors (Lipinski definition) is 5. The molecule has 35 heavy (non-hydrogen) atoms. The highest BCUT2D eigenvalue weighted by Crippen LogP contribution is 2.31. The summed E-state index contributed by atoms with van der Waals surface area (Å²) in [6, 6.07) is 12.0. The van der Waals surface area contributed by atoms with Crippen molar-refractivity contribution in [3.63, 3.8) is 0 Å². The van der Waals surface area contributed by atoms with Crippen LogP contribution < -0.4 is 5.32 Å². The molecule has 178 valence electrons. The first-order valence-corrected chi connectivity index (χ1v) is 13.1. The summed E-state index contributed by atoms with van der Waals surface area (Å²) in [6.07, 6.45) is 6.51. The van der Waals surface area contributed by atoms with Crippen molar-refractivity contribution in [1.29, 1.82) is 0 Å². The number of rotatable bonds is 4.